The van der Waals surface area contributed by atoms with Gasteiger partial charge in [0, 0.05) is 12.5 Å². The number of hydrogen-bond donors (Lipinski definition) is 0. The molecular weight excluding hydrogens is 280 g/mol. The minimum atomic E-state index is 0.484. The average molecular weight is 296 g/mol. The maximum atomic E-state index is 5.82. The average Bonchev–Trinajstić information content (AvgIpc) is 3.00. The summed E-state index contributed by atoms with van der Waals surface area (Å²) in [5.41, 5.74) is 1.92. The van der Waals surface area contributed by atoms with Crippen molar-refractivity contribution in [2.75, 3.05) is 7.11 Å². The Morgan fingerprint density at radius 3 is 2.55 bits per heavy atom. The first-order chi connectivity index (χ1) is 10.8. The van der Waals surface area contributed by atoms with E-state index in [4.69, 9.17) is 14.0 Å². The van der Waals surface area contributed by atoms with Gasteiger partial charge in [-0.25, -0.2) is 0 Å². The fourth-order valence-electron chi connectivity index (χ4n) is 2.08. The van der Waals surface area contributed by atoms with Crippen molar-refractivity contribution in [3.63, 3.8) is 0 Å². The summed E-state index contributed by atoms with van der Waals surface area (Å²) in [5, 5.41) is 3.90. The van der Waals surface area contributed by atoms with E-state index in [-0.39, 0.29) is 0 Å². The van der Waals surface area contributed by atoms with E-state index in [9.17, 15) is 0 Å². The van der Waals surface area contributed by atoms with Crippen LogP contribution in [0, 0.1) is 6.92 Å². The molecule has 3 aromatic rings. The Hall–Kier alpha value is -2.82. The van der Waals surface area contributed by atoms with E-state index in [2.05, 4.69) is 10.1 Å². The maximum Gasteiger partial charge on any atom is 0.223 e. The van der Waals surface area contributed by atoms with E-state index in [1.54, 1.807) is 14.0 Å². The second-order valence-corrected chi connectivity index (χ2v) is 4.78. The van der Waals surface area contributed by atoms with Crippen LogP contribution >= 0.6 is 0 Å². The number of methoxy groups -OCH3 is 1. The molecule has 0 saturated carbocycles. The quantitative estimate of drug-likeness (QED) is 0.719. The Bertz CT molecular complexity index is 754. The summed E-state index contributed by atoms with van der Waals surface area (Å²) in [5.74, 6) is 2.37. The van der Waals surface area contributed by atoms with E-state index < -0.39 is 0 Å². The fourth-order valence-corrected chi connectivity index (χ4v) is 2.08. The predicted octanol–water partition coefficient (Wildman–Crippen LogP) is 3.63. The molecular formula is C17H16N2O3. The van der Waals surface area contributed by atoms with Crippen LogP contribution in [0.15, 0.2) is 53.1 Å². The highest BCUT2D eigenvalue weighted by Gasteiger charge is 2.11. The zero-order valence-electron chi connectivity index (χ0n) is 12.4. The number of aromatic nitrogens is 2. The first-order valence-corrected chi connectivity index (χ1v) is 6.91. The van der Waals surface area contributed by atoms with Gasteiger partial charge in [-0.3, -0.25) is 0 Å². The van der Waals surface area contributed by atoms with E-state index in [0.717, 1.165) is 11.1 Å². The van der Waals surface area contributed by atoms with Gasteiger partial charge in [0.25, 0.3) is 0 Å². The molecule has 0 bridgehead atoms. The van der Waals surface area contributed by atoms with E-state index in [1.807, 2.05) is 48.5 Å². The molecule has 0 atom stereocenters. The summed E-state index contributed by atoms with van der Waals surface area (Å²) in [4.78, 5) is 4.21. The molecule has 0 radical (unpaired) electrons. The van der Waals surface area contributed by atoms with E-state index in [1.165, 1.54) is 0 Å². The van der Waals surface area contributed by atoms with Crippen LogP contribution in [0.3, 0.4) is 0 Å². The minimum absolute atomic E-state index is 0.484. The zero-order valence-corrected chi connectivity index (χ0v) is 12.4. The largest absolute Gasteiger partial charge is 0.493 e. The third kappa shape index (κ3) is 3.09. The highest BCUT2D eigenvalue weighted by atomic mass is 16.5. The number of aryl methyl sites for hydroxylation is 1. The lowest BCUT2D eigenvalue weighted by atomic mass is 10.2. The van der Waals surface area contributed by atoms with Gasteiger partial charge in [-0.1, -0.05) is 35.5 Å². The lowest BCUT2D eigenvalue weighted by Crippen LogP contribution is -1.98. The number of rotatable bonds is 5. The highest BCUT2D eigenvalue weighted by molar-refractivity contribution is 5.60. The van der Waals surface area contributed by atoms with Crippen molar-refractivity contribution in [2.45, 2.75) is 13.5 Å². The summed E-state index contributed by atoms with van der Waals surface area (Å²) < 4.78 is 16.2. The Labute approximate surface area is 128 Å². The van der Waals surface area contributed by atoms with Crippen molar-refractivity contribution in [1.82, 2.24) is 10.1 Å². The third-order valence-corrected chi connectivity index (χ3v) is 3.19. The number of benzene rings is 2. The molecule has 0 saturated heterocycles. The molecule has 22 heavy (non-hydrogen) atoms. The minimum Gasteiger partial charge on any atom is -0.493 e. The van der Waals surface area contributed by atoms with Crippen LogP contribution in [0.2, 0.25) is 0 Å². The molecule has 5 heteroatoms. The van der Waals surface area contributed by atoms with Gasteiger partial charge < -0.3 is 14.0 Å². The van der Waals surface area contributed by atoms with Crippen LogP contribution < -0.4 is 9.47 Å². The lowest BCUT2D eigenvalue weighted by molar-refractivity contribution is 0.284. The molecule has 112 valence electrons. The molecule has 0 fully saturated rings. The standard InChI is InChI=1S/C17H16N2O3/c1-12-18-17(19-22-12)14-8-9-15(16(10-14)20-2)21-11-13-6-4-3-5-7-13/h3-10H,11H2,1-2H3. The SMILES string of the molecule is COc1cc(-c2noc(C)n2)ccc1OCc1ccccc1. The Kier molecular flexibility index (Phi) is 4.05. The monoisotopic (exact) mass is 296 g/mol. The maximum absolute atomic E-state index is 5.82. The van der Waals surface area contributed by atoms with E-state index in [0.29, 0.717) is 29.8 Å². The molecule has 1 heterocycles. The lowest BCUT2D eigenvalue weighted by Gasteiger charge is -2.11. The predicted molar refractivity (Wildman–Crippen MR) is 81.8 cm³/mol. The number of ether oxygens (including phenoxy) is 2. The molecule has 0 N–H and O–H groups in total. The number of nitrogens with zero attached hydrogens (tertiary/aromatic N) is 2. The van der Waals surface area contributed by atoms with Gasteiger partial charge in [0.15, 0.2) is 11.5 Å². The van der Waals surface area contributed by atoms with Gasteiger partial charge in [0.05, 0.1) is 7.11 Å². The summed E-state index contributed by atoms with van der Waals surface area (Å²) in [6.07, 6.45) is 0. The first kappa shape index (κ1) is 14.1. The molecule has 1 aromatic heterocycles. The second kappa shape index (κ2) is 6.30. The van der Waals surface area contributed by atoms with Gasteiger partial charge >= 0.3 is 0 Å². The van der Waals surface area contributed by atoms with Crippen LogP contribution in [-0.2, 0) is 6.61 Å². The topological polar surface area (TPSA) is 57.4 Å². The Balaban J connectivity index is 1.80. The third-order valence-electron chi connectivity index (χ3n) is 3.19. The van der Waals surface area contributed by atoms with Crippen LogP contribution in [-0.4, -0.2) is 17.3 Å². The van der Waals surface area contributed by atoms with Gasteiger partial charge in [-0.15, -0.1) is 0 Å². The number of hydrogen-bond acceptors (Lipinski definition) is 5. The van der Waals surface area contributed by atoms with Crippen LogP contribution in [0.5, 0.6) is 11.5 Å². The molecule has 0 aliphatic rings. The second-order valence-electron chi connectivity index (χ2n) is 4.78. The van der Waals surface area contributed by atoms with Crippen LogP contribution in [0.4, 0.5) is 0 Å². The van der Waals surface area contributed by atoms with Crippen molar-refractivity contribution in [1.29, 1.82) is 0 Å². The normalized spacial score (nSPS) is 10.5. The van der Waals surface area contributed by atoms with Gasteiger partial charge in [-0.05, 0) is 23.8 Å². The molecule has 0 amide bonds. The van der Waals surface area contributed by atoms with Gasteiger partial charge in [0.2, 0.25) is 11.7 Å². The van der Waals surface area contributed by atoms with Gasteiger partial charge in [-0.2, -0.15) is 4.98 Å². The van der Waals surface area contributed by atoms with Crippen molar-refractivity contribution in [2.24, 2.45) is 0 Å². The molecule has 0 aliphatic heterocycles. The van der Waals surface area contributed by atoms with Crippen molar-refractivity contribution in [3.8, 4) is 22.9 Å². The Morgan fingerprint density at radius 2 is 1.86 bits per heavy atom. The summed E-state index contributed by atoms with van der Waals surface area (Å²) in [6.45, 7) is 2.24. The highest BCUT2D eigenvalue weighted by Crippen LogP contribution is 2.32. The summed E-state index contributed by atoms with van der Waals surface area (Å²) in [7, 11) is 1.61. The summed E-state index contributed by atoms with van der Waals surface area (Å²) >= 11 is 0. The van der Waals surface area contributed by atoms with Crippen LogP contribution in [0.1, 0.15) is 11.5 Å². The van der Waals surface area contributed by atoms with Crippen LogP contribution in [0.25, 0.3) is 11.4 Å². The molecule has 0 aliphatic carbocycles. The van der Waals surface area contributed by atoms with E-state index >= 15 is 0 Å². The molecule has 5 nitrogen and oxygen atoms in total. The first-order valence-electron chi connectivity index (χ1n) is 6.91. The fraction of sp³-hybridized carbons (Fsp3) is 0.176. The van der Waals surface area contributed by atoms with Crippen molar-refractivity contribution < 1.29 is 14.0 Å². The smallest absolute Gasteiger partial charge is 0.223 e. The molecule has 2 aromatic carbocycles. The molecule has 3 rings (SSSR count). The zero-order chi connectivity index (χ0) is 15.4. The summed E-state index contributed by atoms with van der Waals surface area (Å²) in [6, 6.07) is 15.5. The Morgan fingerprint density at radius 1 is 1.05 bits per heavy atom. The van der Waals surface area contributed by atoms with Crippen molar-refractivity contribution in [3.05, 3.63) is 60.0 Å². The molecule has 0 unspecified atom stereocenters. The molecule has 0 spiro atoms. The van der Waals surface area contributed by atoms with Crippen molar-refractivity contribution >= 4 is 0 Å². The van der Waals surface area contributed by atoms with Gasteiger partial charge in [0.1, 0.15) is 6.61 Å².